The van der Waals surface area contributed by atoms with Gasteiger partial charge in [-0.2, -0.15) is 12.6 Å². The second kappa shape index (κ2) is 18.9. The first kappa shape index (κ1) is 39.6. The minimum Gasteiger partial charge on any atom is -0.761 e. The van der Waals surface area contributed by atoms with E-state index in [1.54, 1.807) is 0 Å². The van der Waals surface area contributed by atoms with E-state index in [1.165, 1.54) is 0 Å². The molecule has 20 heteroatoms. The Hall–Kier alpha value is 0.170. The molecule has 15 nitrogen and oxygen atoms in total. The van der Waals surface area contributed by atoms with Gasteiger partial charge in [-0.05, 0) is 0 Å². The van der Waals surface area contributed by atoms with Crippen LogP contribution in [0.5, 0.6) is 0 Å². The van der Waals surface area contributed by atoms with Gasteiger partial charge in [0, 0.05) is 5.75 Å². The average molecular weight is 503 g/mol. The van der Waals surface area contributed by atoms with Crippen molar-refractivity contribution in [3.05, 3.63) is 0 Å². The summed E-state index contributed by atoms with van der Waals surface area (Å²) in [6.07, 6.45) is -2.29. The second-order valence-electron chi connectivity index (χ2n) is 4.22. The number of carboxylic acid groups (broad SMARTS) is 4. The van der Waals surface area contributed by atoms with Crippen LogP contribution in [0.25, 0.3) is 0 Å². The van der Waals surface area contributed by atoms with Crippen LogP contribution in [0.3, 0.4) is 0 Å². The summed E-state index contributed by atoms with van der Waals surface area (Å²) in [7, 11) is -8.59. The smallest absolute Gasteiger partial charge is 0.761 e. The molecule has 0 aliphatic rings. The maximum atomic E-state index is 10.3. The number of nitrogens with two attached hydrogens (primary N) is 1. The normalized spacial score (nSPS) is 12.0. The molecule has 7 N–H and O–H groups in total. The van der Waals surface area contributed by atoms with Crippen LogP contribution in [0.4, 0.5) is 0 Å². The van der Waals surface area contributed by atoms with Crippen LogP contribution in [0.2, 0.25) is 0 Å². The van der Waals surface area contributed by atoms with Crippen molar-refractivity contribution < 1.29 is 126 Å². The van der Waals surface area contributed by atoms with E-state index in [9.17, 15) is 19.2 Å². The molecule has 0 aliphatic carbocycles. The van der Waals surface area contributed by atoms with E-state index < -0.39 is 67.6 Å². The van der Waals surface area contributed by atoms with Crippen molar-refractivity contribution in [3.8, 4) is 0 Å². The molecule has 0 saturated heterocycles. The van der Waals surface area contributed by atoms with Crippen molar-refractivity contribution in [2.45, 2.75) is 24.5 Å². The summed E-state index contributed by atoms with van der Waals surface area (Å²) in [5, 5.41) is 41.8. The third-order valence-electron chi connectivity index (χ3n) is 1.97. The first-order chi connectivity index (χ1) is 11.9. The zero-order valence-electron chi connectivity index (χ0n) is 15.0. The van der Waals surface area contributed by atoms with Gasteiger partial charge in [-0.25, -0.2) is 13.2 Å². The Kier molecular flexibility index (Phi) is 25.8. The minimum atomic E-state index is -5.07. The van der Waals surface area contributed by atoms with Crippen LogP contribution in [0.15, 0.2) is 0 Å². The molecule has 0 aromatic carbocycles. The molecule has 0 heterocycles. The van der Waals surface area contributed by atoms with Gasteiger partial charge >= 0.3 is 83.0 Å². The molecule has 160 valence electrons. The molecule has 2 unspecified atom stereocenters. The number of carbonyl (C=O) groups is 4. The molecular formula is C9H15NNa2O14S3. The van der Waals surface area contributed by atoms with Crippen molar-refractivity contribution in [2.75, 3.05) is 5.75 Å². The minimum absolute atomic E-state index is 0. The predicted octanol–water partition coefficient (Wildman–Crippen LogP) is -9.59. The Bertz CT molecular complexity index is 653. The molecule has 0 rings (SSSR count). The van der Waals surface area contributed by atoms with Gasteiger partial charge in [-0.3, -0.25) is 18.6 Å². The Balaban J connectivity index is -0.000000104. The molecular weight excluding hydrogens is 488 g/mol. The molecule has 0 saturated carbocycles. The molecule has 0 aromatic rings. The first-order valence-corrected chi connectivity index (χ1v) is 9.58. The fourth-order valence-electron chi connectivity index (χ4n) is 0.792. The van der Waals surface area contributed by atoms with Crippen LogP contribution in [0.1, 0.15) is 12.8 Å². The Morgan fingerprint density at radius 2 is 1.31 bits per heavy atom. The summed E-state index contributed by atoms with van der Waals surface area (Å²) in [4.78, 5) is 40.2. The Labute approximate surface area is 215 Å². The third-order valence-corrected chi connectivity index (χ3v) is 3.69. The number of aliphatic hydroxyl groups is 1. The van der Waals surface area contributed by atoms with Crippen molar-refractivity contribution in [2.24, 2.45) is 5.73 Å². The number of aliphatic carboxylic acids is 4. The summed E-state index contributed by atoms with van der Waals surface area (Å²) < 4.78 is 45.7. The predicted molar refractivity (Wildman–Crippen MR) is 85.2 cm³/mol. The summed E-state index contributed by atoms with van der Waals surface area (Å²) >= 11 is 3.65. The SMILES string of the molecule is NC(CS)C(=O)O.O=C(O)CC(O)(CC(=O)O)C(=O)O.O=S([O-])S(=O)(=O)[O-].[Na+].[Na+]. The van der Waals surface area contributed by atoms with Gasteiger partial charge in [0.1, 0.15) is 6.04 Å². The molecule has 0 bridgehead atoms. The zero-order valence-corrected chi connectivity index (χ0v) is 21.5. The molecule has 0 amide bonds. The van der Waals surface area contributed by atoms with E-state index in [2.05, 4.69) is 12.6 Å². The molecule has 0 spiro atoms. The molecule has 29 heavy (non-hydrogen) atoms. The van der Waals surface area contributed by atoms with Gasteiger partial charge in [0.2, 0.25) is 0 Å². The quantitative estimate of drug-likeness (QED) is 0.0532. The van der Waals surface area contributed by atoms with Gasteiger partial charge in [0.15, 0.2) is 14.8 Å². The largest absolute Gasteiger partial charge is 1.00 e. The summed E-state index contributed by atoms with van der Waals surface area (Å²) in [5.41, 5.74) is 2.20. The fraction of sp³-hybridized carbons (Fsp3) is 0.556. The maximum Gasteiger partial charge on any atom is 1.00 e. The van der Waals surface area contributed by atoms with Gasteiger partial charge < -0.3 is 40.4 Å². The van der Waals surface area contributed by atoms with Gasteiger partial charge in [-0.1, -0.05) is 0 Å². The number of hydrogen-bond donors (Lipinski definition) is 7. The van der Waals surface area contributed by atoms with E-state index in [4.69, 9.17) is 53.0 Å². The van der Waals surface area contributed by atoms with Crippen LogP contribution in [-0.4, -0.2) is 88.5 Å². The van der Waals surface area contributed by atoms with Crippen LogP contribution in [0, 0.1) is 0 Å². The van der Waals surface area contributed by atoms with Crippen molar-refractivity contribution in [1.82, 2.24) is 0 Å². The fourth-order valence-corrected chi connectivity index (χ4v) is 0.948. The van der Waals surface area contributed by atoms with E-state index in [0.29, 0.717) is 0 Å². The van der Waals surface area contributed by atoms with Crippen LogP contribution < -0.4 is 64.8 Å². The molecule has 0 fully saturated rings. The summed E-state index contributed by atoms with van der Waals surface area (Å²) in [6.45, 7) is 0. The van der Waals surface area contributed by atoms with Crippen molar-refractivity contribution >= 4 is 55.8 Å². The van der Waals surface area contributed by atoms with Crippen LogP contribution >= 0.6 is 12.6 Å². The maximum absolute atomic E-state index is 10.3. The third kappa shape index (κ3) is 24.3. The number of carboxylic acids is 4. The van der Waals surface area contributed by atoms with Crippen molar-refractivity contribution in [3.63, 3.8) is 0 Å². The standard InChI is InChI=1S/C6H8O7.C3H7NO2S.2Na.H2O5S2/c7-3(8)1-6(13,5(11)12)2-4(9)10;4-2(1-7)3(5)6;;;1-6(2)7(3,4)5/h13H,1-2H2,(H,7,8)(H,9,10)(H,11,12);2,7H,1,4H2,(H,5,6);;;(H,1,2)(H,3,4,5)/q;;2*+1;/p-2. The first-order valence-electron chi connectivity index (χ1n) is 5.95. The van der Waals surface area contributed by atoms with E-state index in [-0.39, 0.29) is 64.9 Å². The number of hydrogen-bond acceptors (Lipinski definition) is 12. The Morgan fingerprint density at radius 3 is 1.38 bits per heavy atom. The van der Waals surface area contributed by atoms with E-state index >= 15 is 0 Å². The molecule has 0 aromatic heterocycles. The van der Waals surface area contributed by atoms with Gasteiger partial charge in [0.05, 0.1) is 23.0 Å². The molecule has 0 radical (unpaired) electrons. The van der Waals surface area contributed by atoms with Crippen molar-refractivity contribution in [1.29, 1.82) is 0 Å². The van der Waals surface area contributed by atoms with Crippen LogP contribution in [-0.2, 0) is 38.4 Å². The average Bonchev–Trinajstić information content (AvgIpc) is 2.44. The van der Waals surface area contributed by atoms with Gasteiger partial charge in [-0.15, -0.1) is 0 Å². The number of rotatable bonds is 8. The van der Waals surface area contributed by atoms with E-state index in [0.717, 1.165) is 0 Å². The summed E-state index contributed by atoms with van der Waals surface area (Å²) in [5.74, 6) is -5.83. The molecule has 2 atom stereocenters. The summed E-state index contributed by atoms with van der Waals surface area (Å²) in [6, 6.07) is -0.816. The number of thiol groups is 1. The monoisotopic (exact) mass is 503 g/mol. The molecule has 0 aliphatic heterocycles. The van der Waals surface area contributed by atoms with E-state index in [1.807, 2.05) is 0 Å². The Morgan fingerprint density at radius 1 is 1.03 bits per heavy atom. The zero-order chi connectivity index (χ0) is 22.6. The van der Waals surface area contributed by atoms with Gasteiger partial charge in [0.25, 0.3) is 0 Å². The second-order valence-corrected chi connectivity index (χ2v) is 7.85. The topological polar surface area (TPSA) is 293 Å².